The zero-order chi connectivity index (χ0) is 12.3. The summed E-state index contributed by atoms with van der Waals surface area (Å²) in [6, 6.07) is 0.925. The molecule has 0 radical (unpaired) electrons. The molecule has 7 heteroatoms. The molecule has 2 aromatic heterocycles. The third-order valence-electron chi connectivity index (χ3n) is 2.49. The van der Waals surface area contributed by atoms with Crippen molar-refractivity contribution in [1.29, 1.82) is 0 Å². The smallest absolute Gasteiger partial charge is 0.349 e. The lowest BCUT2D eigenvalue weighted by molar-refractivity contribution is 0.495. The molecule has 0 N–H and O–H groups in total. The molecule has 0 saturated carbocycles. The van der Waals surface area contributed by atoms with Crippen LogP contribution in [-0.4, -0.2) is 0 Å². The Morgan fingerprint density at radius 2 is 1.18 bits per heavy atom. The van der Waals surface area contributed by atoms with E-state index in [0.717, 1.165) is 6.07 Å². The van der Waals surface area contributed by atoms with Crippen LogP contribution in [0.2, 0.25) is 0 Å². The van der Waals surface area contributed by atoms with E-state index in [2.05, 4.69) is 8.83 Å². The van der Waals surface area contributed by atoms with Crippen molar-refractivity contribution in [1.82, 2.24) is 0 Å². The van der Waals surface area contributed by atoms with E-state index in [1.54, 1.807) is 0 Å². The summed E-state index contributed by atoms with van der Waals surface area (Å²) in [5, 5.41) is -2.03. The molecule has 17 heavy (non-hydrogen) atoms. The van der Waals surface area contributed by atoms with Crippen molar-refractivity contribution in [2.24, 2.45) is 0 Å². The van der Waals surface area contributed by atoms with Gasteiger partial charge in [-0.1, -0.05) is 0 Å². The zero-order valence-corrected chi connectivity index (χ0v) is 7.90. The van der Waals surface area contributed by atoms with Gasteiger partial charge in [0.1, 0.15) is 10.8 Å². The number of furan rings is 2. The molecule has 0 fully saturated rings. The van der Waals surface area contributed by atoms with Crippen molar-refractivity contribution < 1.29 is 13.2 Å². The van der Waals surface area contributed by atoms with Gasteiger partial charge in [-0.15, -0.1) is 0 Å². The summed E-state index contributed by atoms with van der Waals surface area (Å²) in [5.41, 5.74) is -4.48. The Balaban J connectivity index is 2.87. The molecular weight excluding hydrogens is 235 g/mol. The average Bonchev–Trinajstić information content (AvgIpc) is 2.68. The standard InChI is InChI=1S/C10HFO6/c11-6-4-2(7(12)16-9(4)14)1-3-5(6)10(15)17-8(3)13/h1H. The zero-order valence-electron chi connectivity index (χ0n) is 7.90. The quantitative estimate of drug-likeness (QED) is 0.528. The maximum absolute atomic E-state index is 13.8. The molecule has 0 unspecified atom stereocenters. The molecule has 0 aliphatic rings. The largest absolute Gasteiger partial charge is 0.386 e. The first-order valence-electron chi connectivity index (χ1n) is 4.40. The number of hydrogen-bond acceptors (Lipinski definition) is 6. The van der Waals surface area contributed by atoms with Crippen LogP contribution in [0.5, 0.6) is 0 Å². The van der Waals surface area contributed by atoms with Crippen LogP contribution < -0.4 is 22.5 Å². The van der Waals surface area contributed by atoms with Crippen LogP contribution in [0.1, 0.15) is 0 Å². The number of hydrogen-bond donors (Lipinski definition) is 0. The summed E-state index contributed by atoms with van der Waals surface area (Å²) in [4.78, 5) is 44.7. The topological polar surface area (TPSA) is 94.6 Å². The number of benzene rings is 1. The first kappa shape index (κ1) is 9.64. The molecule has 0 saturated heterocycles. The second-order valence-electron chi connectivity index (χ2n) is 3.39. The summed E-state index contributed by atoms with van der Waals surface area (Å²) in [6.07, 6.45) is 0. The third kappa shape index (κ3) is 1.02. The normalized spacial score (nSPS) is 11.6. The SMILES string of the molecule is O=c1oc(=O)c2c(F)c3c(=O)oc(=O)c3cc12. The highest BCUT2D eigenvalue weighted by atomic mass is 19.1. The van der Waals surface area contributed by atoms with E-state index >= 15 is 0 Å². The summed E-state index contributed by atoms with van der Waals surface area (Å²) in [6.45, 7) is 0. The molecule has 0 amide bonds. The Kier molecular flexibility index (Phi) is 1.56. The highest BCUT2D eigenvalue weighted by Crippen LogP contribution is 2.19. The fourth-order valence-electron chi connectivity index (χ4n) is 1.75. The molecule has 0 spiro atoms. The Bertz CT molecular complexity index is 890. The van der Waals surface area contributed by atoms with Crippen molar-refractivity contribution in [3.63, 3.8) is 0 Å². The van der Waals surface area contributed by atoms with Crippen molar-refractivity contribution in [3.8, 4) is 0 Å². The van der Waals surface area contributed by atoms with Gasteiger partial charge in [-0.2, -0.15) is 0 Å². The molecule has 0 atom stereocenters. The first-order valence-corrected chi connectivity index (χ1v) is 4.40. The Hall–Kier alpha value is -2.57. The van der Waals surface area contributed by atoms with Gasteiger partial charge >= 0.3 is 22.5 Å². The molecule has 1 aromatic carbocycles. The summed E-state index contributed by atoms with van der Waals surface area (Å²) < 4.78 is 22.2. The van der Waals surface area contributed by atoms with Gasteiger partial charge in [-0.05, 0) is 6.07 Å². The summed E-state index contributed by atoms with van der Waals surface area (Å²) in [7, 11) is 0. The fourth-order valence-corrected chi connectivity index (χ4v) is 1.75. The predicted molar refractivity (Wildman–Crippen MR) is 53.4 cm³/mol. The maximum atomic E-state index is 13.8. The maximum Gasteiger partial charge on any atom is 0.349 e. The summed E-state index contributed by atoms with van der Waals surface area (Å²) in [5.74, 6) is -1.26. The van der Waals surface area contributed by atoms with E-state index in [-0.39, 0.29) is 10.8 Å². The van der Waals surface area contributed by atoms with Crippen molar-refractivity contribution in [2.75, 3.05) is 0 Å². The molecule has 0 aliphatic carbocycles. The van der Waals surface area contributed by atoms with Gasteiger partial charge in [-0.3, -0.25) is 0 Å². The van der Waals surface area contributed by atoms with Gasteiger partial charge in [0.25, 0.3) is 0 Å². The van der Waals surface area contributed by atoms with Gasteiger partial charge in [0.2, 0.25) is 0 Å². The van der Waals surface area contributed by atoms with Crippen LogP contribution in [0.25, 0.3) is 21.5 Å². The molecule has 84 valence electrons. The van der Waals surface area contributed by atoms with E-state index in [0.29, 0.717) is 0 Å². The third-order valence-corrected chi connectivity index (χ3v) is 2.49. The number of halogens is 1. The Morgan fingerprint density at radius 3 is 1.59 bits per heavy atom. The van der Waals surface area contributed by atoms with Gasteiger partial charge in [0, 0.05) is 0 Å². The summed E-state index contributed by atoms with van der Waals surface area (Å²) >= 11 is 0. The highest BCUT2D eigenvalue weighted by Gasteiger charge is 2.22. The van der Waals surface area contributed by atoms with Crippen molar-refractivity contribution in [3.05, 3.63) is 53.6 Å². The van der Waals surface area contributed by atoms with E-state index in [4.69, 9.17) is 0 Å². The Morgan fingerprint density at radius 1 is 0.765 bits per heavy atom. The van der Waals surface area contributed by atoms with Gasteiger partial charge < -0.3 is 8.83 Å². The van der Waals surface area contributed by atoms with Crippen LogP contribution in [-0.2, 0) is 0 Å². The predicted octanol–water partition coefficient (Wildman–Crippen LogP) is -0.365. The molecule has 2 heterocycles. The van der Waals surface area contributed by atoms with Crippen molar-refractivity contribution >= 4 is 21.5 Å². The molecule has 3 aromatic rings. The van der Waals surface area contributed by atoms with E-state index < -0.39 is 39.1 Å². The average molecular weight is 236 g/mol. The van der Waals surface area contributed by atoms with Gasteiger partial charge in [-0.25, -0.2) is 23.6 Å². The number of rotatable bonds is 0. The molecule has 3 rings (SSSR count). The molecule has 6 nitrogen and oxygen atoms in total. The first-order chi connectivity index (χ1) is 8.00. The Labute approximate surface area is 89.2 Å². The molecule has 0 aliphatic heterocycles. The second kappa shape index (κ2) is 2.76. The van der Waals surface area contributed by atoms with Crippen LogP contribution >= 0.6 is 0 Å². The fraction of sp³-hybridized carbons (Fsp3) is 0. The van der Waals surface area contributed by atoms with Crippen LogP contribution in [0.3, 0.4) is 0 Å². The van der Waals surface area contributed by atoms with Crippen LogP contribution in [0.4, 0.5) is 4.39 Å². The van der Waals surface area contributed by atoms with E-state index in [9.17, 15) is 23.6 Å². The van der Waals surface area contributed by atoms with Crippen molar-refractivity contribution in [2.45, 2.75) is 0 Å². The van der Waals surface area contributed by atoms with Crippen LogP contribution in [0, 0.1) is 5.82 Å². The highest BCUT2D eigenvalue weighted by molar-refractivity contribution is 5.97. The van der Waals surface area contributed by atoms with E-state index in [1.807, 2.05) is 0 Å². The molecular formula is C10HFO6. The van der Waals surface area contributed by atoms with E-state index in [1.165, 1.54) is 0 Å². The molecule has 0 bridgehead atoms. The lowest BCUT2D eigenvalue weighted by Gasteiger charge is -1.89. The number of fused-ring (bicyclic) bond motifs is 2. The minimum atomic E-state index is -1.26. The van der Waals surface area contributed by atoms with Gasteiger partial charge in [0.05, 0.1) is 10.8 Å². The monoisotopic (exact) mass is 236 g/mol. The second-order valence-corrected chi connectivity index (χ2v) is 3.39. The lowest BCUT2D eigenvalue weighted by atomic mass is 10.1. The minimum absolute atomic E-state index is 0.377. The lowest BCUT2D eigenvalue weighted by Crippen LogP contribution is -1.99. The van der Waals surface area contributed by atoms with Gasteiger partial charge in [0.15, 0.2) is 5.82 Å². The van der Waals surface area contributed by atoms with Crippen LogP contribution in [0.15, 0.2) is 34.1 Å². The minimum Gasteiger partial charge on any atom is -0.386 e.